The first kappa shape index (κ1) is 10.9. The van der Waals surface area contributed by atoms with E-state index in [1.54, 1.807) is 14.0 Å². The first-order valence-electron chi connectivity index (χ1n) is 4.04. The predicted octanol–water partition coefficient (Wildman–Crippen LogP) is 0.877. The molecule has 0 aromatic carbocycles. The van der Waals surface area contributed by atoms with Gasteiger partial charge in [-0.05, 0) is 13.3 Å². The Morgan fingerprint density at radius 3 is 2.58 bits per heavy atom. The predicted molar refractivity (Wildman–Crippen MR) is 48.5 cm³/mol. The number of carbonyl (C=O) groups is 1. The summed E-state index contributed by atoms with van der Waals surface area (Å²) in [4.78, 5) is 14.5. The van der Waals surface area contributed by atoms with Crippen LogP contribution in [0, 0.1) is 0 Å². The molecule has 0 aromatic rings. The number of aliphatic carboxylic acids is 1. The van der Waals surface area contributed by atoms with Crippen LogP contribution in [0.1, 0.15) is 26.7 Å². The van der Waals surface area contributed by atoms with Crippen LogP contribution in [0.25, 0.3) is 0 Å². The van der Waals surface area contributed by atoms with Gasteiger partial charge < -0.3 is 10.4 Å². The highest BCUT2D eigenvalue weighted by atomic mass is 16.4. The summed E-state index contributed by atoms with van der Waals surface area (Å²) in [5, 5.41) is 11.5. The Morgan fingerprint density at radius 2 is 2.25 bits per heavy atom. The van der Waals surface area contributed by atoms with Crippen LogP contribution in [0.2, 0.25) is 0 Å². The van der Waals surface area contributed by atoms with Crippen LogP contribution in [-0.2, 0) is 4.79 Å². The van der Waals surface area contributed by atoms with Crippen LogP contribution in [0.3, 0.4) is 0 Å². The zero-order chi connectivity index (χ0) is 9.56. The molecular formula is C8H16N2O2. The summed E-state index contributed by atoms with van der Waals surface area (Å²) in [6.07, 6.45) is 1.48. The lowest BCUT2D eigenvalue weighted by atomic mass is 10.2. The Labute approximate surface area is 72.7 Å². The molecule has 0 fully saturated rings. The Kier molecular flexibility index (Phi) is 5.08. The lowest BCUT2D eigenvalue weighted by molar-refractivity contribution is -0.139. The van der Waals surface area contributed by atoms with Gasteiger partial charge in [0.25, 0.3) is 0 Å². The lowest BCUT2D eigenvalue weighted by Gasteiger charge is -2.13. The molecule has 0 bridgehead atoms. The van der Waals surface area contributed by atoms with Crippen molar-refractivity contribution in [2.45, 2.75) is 32.7 Å². The Balaban J connectivity index is 4.04. The number of rotatable bonds is 4. The number of carboxylic acid groups (broad SMARTS) is 1. The van der Waals surface area contributed by atoms with Crippen molar-refractivity contribution < 1.29 is 9.90 Å². The van der Waals surface area contributed by atoms with Crippen LogP contribution >= 0.6 is 0 Å². The van der Waals surface area contributed by atoms with Crippen LogP contribution < -0.4 is 5.32 Å². The van der Waals surface area contributed by atoms with E-state index < -0.39 is 12.0 Å². The van der Waals surface area contributed by atoms with E-state index in [-0.39, 0.29) is 0 Å². The topological polar surface area (TPSA) is 61.7 Å². The normalized spacial score (nSPS) is 14.1. The van der Waals surface area contributed by atoms with Gasteiger partial charge in [-0.2, -0.15) is 0 Å². The van der Waals surface area contributed by atoms with Crippen molar-refractivity contribution in [3.05, 3.63) is 0 Å². The Bertz CT molecular complexity index is 178. The van der Waals surface area contributed by atoms with Gasteiger partial charge in [-0.3, -0.25) is 4.99 Å². The quantitative estimate of drug-likeness (QED) is 0.488. The molecule has 12 heavy (non-hydrogen) atoms. The molecule has 4 nitrogen and oxygen atoms in total. The minimum atomic E-state index is -0.820. The van der Waals surface area contributed by atoms with Crippen LogP contribution in [0.15, 0.2) is 4.99 Å². The maximum absolute atomic E-state index is 10.6. The van der Waals surface area contributed by atoms with Crippen LogP contribution in [-0.4, -0.2) is 30.0 Å². The van der Waals surface area contributed by atoms with Gasteiger partial charge in [0, 0.05) is 7.05 Å². The van der Waals surface area contributed by atoms with Crippen molar-refractivity contribution in [2.75, 3.05) is 7.05 Å². The average Bonchev–Trinajstić information content (AvgIpc) is 2.03. The number of hydrogen-bond acceptors (Lipinski definition) is 2. The highest BCUT2D eigenvalue weighted by molar-refractivity contribution is 5.85. The van der Waals surface area contributed by atoms with Gasteiger partial charge in [0.15, 0.2) is 0 Å². The van der Waals surface area contributed by atoms with Gasteiger partial charge in [-0.15, -0.1) is 0 Å². The highest BCUT2D eigenvalue weighted by Crippen LogP contribution is 1.96. The van der Waals surface area contributed by atoms with E-state index in [2.05, 4.69) is 10.3 Å². The number of amidine groups is 1. The second kappa shape index (κ2) is 5.57. The number of aliphatic imine (C=N–C) groups is 1. The van der Waals surface area contributed by atoms with E-state index in [1.165, 1.54) is 0 Å². The summed E-state index contributed by atoms with van der Waals surface area (Å²) in [6, 6.07) is -0.501. The molecule has 0 heterocycles. The Morgan fingerprint density at radius 1 is 1.67 bits per heavy atom. The third-order valence-electron chi connectivity index (χ3n) is 1.59. The molecule has 1 atom stereocenters. The van der Waals surface area contributed by atoms with Crippen molar-refractivity contribution in [3.63, 3.8) is 0 Å². The molecule has 70 valence electrons. The van der Waals surface area contributed by atoms with E-state index in [4.69, 9.17) is 5.11 Å². The van der Waals surface area contributed by atoms with Gasteiger partial charge in [0.1, 0.15) is 6.04 Å². The van der Waals surface area contributed by atoms with Gasteiger partial charge >= 0.3 is 5.97 Å². The van der Waals surface area contributed by atoms with E-state index in [0.29, 0.717) is 12.3 Å². The lowest BCUT2D eigenvalue weighted by Crippen LogP contribution is -2.39. The van der Waals surface area contributed by atoms with Gasteiger partial charge in [0.2, 0.25) is 0 Å². The molecule has 1 unspecified atom stereocenters. The van der Waals surface area contributed by atoms with Crippen molar-refractivity contribution in [1.29, 1.82) is 0 Å². The zero-order valence-corrected chi connectivity index (χ0v) is 7.79. The van der Waals surface area contributed by atoms with Crippen molar-refractivity contribution in [2.24, 2.45) is 4.99 Å². The molecule has 0 aliphatic carbocycles. The van der Waals surface area contributed by atoms with Gasteiger partial charge in [-0.25, -0.2) is 4.79 Å². The second-order valence-corrected chi connectivity index (χ2v) is 2.63. The van der Waals surface area contributed by atoms with E-state index >= 15 is 0 Å². The molecule has 0 spiro atoms. The molecule has 4 heteroatoms. The maximum Gasteiger partial charge on any atom is 0.326 e. The number of nitrogens with zero attached hydrogens (tertiary/aromatic N) is 1. The van der Waals surface area contributed by atoms with Crippen molar-refractivity contribution >= 4 is 11.8 Å². The summed E-state index contributed by atoms with van der Waals surface area (Å²) in [6.45, 7) is 3.71. The Hall–Kier alpha value is -1.06. The van der Waals surface area contributed by atoms with E-state index in [0.717, 1.165) is 6.42 Å². The minimum Gasteiger partial charge on any atom is -0.480 e. The van der Waals surface area contributed by atoms with E-state index in [9.17, 15) is 4.79 Å². The number of hydrogen-bond donors (Lipinski definition) is 2. The van der Waals surface area contributed by atoms with Crippen molar-refractivity contribution in [1.82, 2.24) is 5.32 Å². The zero-order valence-electron chi connectivity index (χ0n) is 7.79. The summed E-state index contributed by atoms with van der Waals surface area (Å²) in [5.74, 6) is -0.157. The molecule has 0 rings (SSSR count). The average molecular weight is 172 g/mol. The van der Waals surface area contributed by atoms with Crippen LogP contribution in [0.5, 0.6) is 0 Å². The second-order valence-electron chi connectivity index (χ2n) is 2.63. The molecule has 0 aliphatic heterocycles. The molecule has 0 saturated heterocycles. The first-order chi connectivity index (χ1) is 5.61. The summed E-state index contributed by atoms with van der Waals surface area (Å²) in [7, 11) is 1.63. The fourth-order valence-corrected chi connectivity index (χ4v) is 0.863. The molecule has 0 amide bonds. The number of carboxylic acids is 1. The smallest absolute Gasteiger partial charge is 0.326 e. The molecule has 0 aliphatic rings. The fraction of sp³-hybridized carbons (Fsp3) is 0.750. The fourth-order valence-electron chi connectivity index (χ4n) is 0.863. The first-order valence-corrected chi connectivity index (χ1v) is 4.04. The summed E-state index contributed by atoms with van der Waals surface area (Å²) in [5.41, 5.74) is 0. The number of nitrogens with one attached hydrogen (secondary N) is 1. The third kappa shape index (κ3) is 3.95. The SMILES string of the molecule is CCCC(NC(C)=NC)C(=O)O. The molecular weight excluding hydrogens is 156 g/mol. The minimum absolute atomic E-state index is 0.501. The molecule has 0 radical (unpaired) electrons. The van der Waals surface area contributed by atoms with E-state index in [1.807, 2.05) is 6.92 Å². The van der Waals surface area contributed by atoms with Gasteiger partial charge in [-0.1, -0.05) is 13.3 Å². The molecule has 2 N–H and O–H groups in total. The highest BCUT2D eigenvalue weighted by Gasteiger charge is 2.15. The summed E-state index contributed by atoms with van der Waals surface area (Å²) < 4.78 is 0. The standard InChI is InChI=1S/C8H16N2O2/c1-4-5-7(8(11)12)10-6(2)9-3/h7H,4-5H2,1-3H3,(H,9,10)(H,11,12). The third-order valence-corrected chi connectivity index (χ3v) is 1.59. The van der Waals surface area contributed by atoms with Gasteiger partial charge in [0.05, 0.1) is 5.84 Å². The largest absolute Gasteiger partial charge is 0.480 e. The van der Waals surface area contributed by atoms with Crippen molar-refractivity contribution in [3.8, 4) is 0 Å². The summed E-state index contributed by atoms with van der Waals surface area (Å²) >= 11 is 0. The molecule has 0 aromatic heterocycles. The maximum atomic E-state index is 10.6. The van der Waals surface area contributed by atoms with Crippen LogP contribution in [0.4, 0.5) is 0 Å². The monoisotopic (exact) mass is 172 g/mol. The molecule has 0 saturated carbocycles.